The molecule has 0 unspecified atom stereocenters. The molecule has 2 aromatic carbocycles. The Hall–Kier alpha value is -4.21. The van der Waals surface area contributed by atoms with Gasteiger partial charge in [0, 0.05) is 19.4 Å². The zero-order valence-electron chi connectivity index (χ0n) is 26.4. The molecule has 232 valence electrons. The summed E-state index contributed by atoms with van der Waals surface area (Å²) in [6, 6.07) is 15.2. The Morgan fingerprint density at radius 1 is 0.767 bits per heavy atom. The lowest BCUT2D eigenvalue weighted by molar-refractivity contribution is -0.154. The van der Waals surface area contributed by atoms with Crippen molar-refractivity contribution < 1.29 is 28.5 Å². The van der Waals surface area contributed by atoms with Crippen molar-refractivity contribution >= 4 is 17.9 Å². The SMILES string of the molecule is CCOc1nc(Cc2ccc(C(=O)OC(C)(C)C)cc2)nc(NCc2ccc(OCCCCC(=O)OC(C)(C)C)cc2)n1. The lowest BCUT2D eigenvalue weighted by atomic mass is 10.1. The lowest BCUT2D eigenvalue weighted by Crippen LogP contribution is -2.23. The van der Waals surface area contributed by atoms with Gasteiger partial charge < -0.3 is 24.3 Å². The number of nitrogens with zero attached hydrogens (tertiary/aromatic N) is 3. The Labute approximate surface area is 254 Å². The third-order valence-electron chi connectivity index (χ3n) is 5.72. The van der Waals surface area contributed by atoms with Crippen LogP contribution in [-0.2, 0) is 27.2 Å². The molecule has 0 aliphatic heterocycles. The van der Waals surface area contributed by atoms with Gasteiger partial charge in [0.25, 0.3) is 0 Å². The number of unbranched alkanes of at least 4 members (excludes halogenated alkanes) is 1. The number of anilines is 1. The van der Waals surface area contributed by atoms with Crippen LogP contribution in [0.1, 0.15) is 95.0 Å². The molecule has 0 aliphatic rings. The molecule has 0 bridgehead atoms. The molecule has 0 atom stereocenters. The summed E-state index contributed by atoms with van der Waals surface area (Å²) >= 11 is 0. The van der Waals surface area contributed by atoms with Crippen LogP contribution in [0.25, 0.3) is 0 Å². The van der Waals surface area contributed by atoms with Crippen molar-refractivity contribution in [3.63, 3.8) is 0 Å². The number of aromatic nitrogens is 3. The van der Waals surface area contributed by atoms with Crippen molar-refractivity contribution in [2.75, 3.05) is 18.5 Å². The highest BCUT2D eigenvalue weighted by Gasteiger charge is 2.18. The van der Waals surface area contributed by atoms with Crippen LogP contribution >= 0.6 is 0 Å². The minimum atomic E-state index is -0.555. The smallest absolute Gasteiger partial charge is 0.338 e. The first-order valence-corrected chi connectivity index (χ1v) is 14.7. The standard InChI is InChI=1S/C33H44N4O6/c1-8-40-31-36-27(21-23-12-16-25(17-13-23)29(39)43-33(5,6)7)35-30(37-31)34-22-24-14-18-26(19-15-24)41-20-10-9-11-28(38)42-32(2,3)4/h12-19H,8-11,20-22H2,1-7H3,(H,34,35,36,37). The van der Waals surface area contributed by atoms with Crippen molar-refractivity contribution in [2.24, 2.45) is 0 Å². The maximum absolute atomic E-state index is 12.3. The first-order chi connectivity index (χ1) is 20.3. The van der Waals surface area contributed by atoms with Crippen molar-refractivity contribution in [2.45, 2.75) is 91.9 Å². The zero-order chi connectivity index (χ0) is 31.5. The molecular weight excluding hydrogens is 548 g/mol. The molecule has 0 saturated carbocycles. The van der Waals surface area contributed by atoms with Crippen LogP contribution in [0, 0.1) is 0 Å². The van der Waals surface area contributed by atoms with Crippen molar-refractivity contribution in [1.29, 1.82) is 0 Å². The number of carbonyl (C=O) groups is 2. The van der Waals surface area contributed by atoms with Crippen LogP contribution in [0.3, 0.4) is 0 Å². The van der Waals surface area contributed by atoms with Crippen LogP contribution in [0.2, 0.25) is 0 Å². The number of rotatable bonds is 14. The van der Waals surface area contributed by atoms with E-state index in [9.17, 15) is 9.59 Å². The monoisotopic (exact) mass is 592 g/mol. The topological polar surface area (TPSA) is 122 Å². The van der Waals surface area contributed by atoms with Gasteiger partial charge in [-0.25, -0.2) is 4.79 Å². The molecule has 0 fully saturated rings. The van der Waals surface area contributed by atoms with Crippen molar-refractivity contribution in [3.05, 3.63) is 71.0 Å². The average Bonchev–Trinajstić information content (AvgIpc) is 2.91. The number of carbonyl (C=O) groups excluding carboxylic acids is 2. The van der Waals surface area contributed by atoms with Crippen LogP contribution in [0.4, 0.5) is 5.95 Å². The molecule has 3 rings (SSSR count). The van der Waals surface area contributed by atoms with E-state index in [-0.39, 0.29) is 17.9 Å². The van der Waals surface area contributed by atoms with E-state index in [0.29, 0.717) is 56.4 Å². The summed E-state index contributed by atoms with van der Waals surface area (Å²) in [5.74, 6) is 1.17. The normalized spacial score (nSPS) is 11.5. The summed E-state index contributed by atoms with van der Waals surface area (Å²) in [5, 5.41) is 3.25. The average molecular weight is 593 g/mol. The van der Waals surface area contributed by atoms with E-state index in [4.69, 9.17) is 18.9 Å². The van der Waals surface area contributed by atoms with Crippen LogP contribution in [0.5, 0.6) is 11.8 Å². The molecule has 0 saturated heterocycles. The highest BCUT2D eigenvalue weighted by molar-refractivity contribution is 5.89. The number of hydrogen-bond donors (Lipinski definition) is 1. The minimum absolute atomic E-state index is 0.183. The third kappa shape index (κ3) is 12.7. The molecule has 43 heavy (non-hydrogen) atoms. The Balaban J connectivity index is 1.52. The summed E-state index contributed by atoms with van der Waals surface area (Å²) in [6.07, 6.45) is 2.30. The lowest BCUT2D eigenvalue weighted by Gasteiger charge is -2.19. The molecular formula is C33H44N4O6. The zero-order valence-corrected chi connectivity index (χ0v) is 26.4. The van der Waals surface area contributed by atoms with Gasteiger partial charge in [0.05, 0.1) is 18.8 Å². The minimum Gasteiger partial charge on any atom is -0.494 e. The van der Waals surface area contributed by atoms with E-state index < -0.39 is 11.2 Å². The summed E-state index contributed by atoms with van der Waals surface area (Å²) in [7, 11) is 0. The predicted octanol–water partition coefficient (Wildman–Crippen LogP) is 6.32. The second kappa shape index (κ2) is 15.3. The molecule has 3 aromatic rings. The van der Waals surface area contributed by atoms with Gasteiger partial charge in [-0.2, -0.15) is 15.0 Å². The predicted molar refractivity (Wildman–Crippen MR) is 164 cm³/mol. The van der Waals surface area contributed by atoms with Gasteiger partial charge in [-0.05, 0) is 96.7 Å². The number of esters is 2. The number of nitrogens with one attached hydrogen (secondary N) is 1. The van der Waals surface area contributed by atoms with E-state index in [1.165, 1.54) is 0 Å². The molecule has 0 amide bonds. The molecule has 0 spiro atoms. The number of benzene rings is 2. The number of hydrogen-bond acceptors (Lipinski definition) is 10. The second-order valence-electron chi connectivity index (χ2n) is 12.1. The van der Waals surface area contributed by atoms with Gasteiger partial charge in [0.2, 0.25) is 5.95 Å². The maximum Gasteiger partial charge on any atom is 0.338 e. The Morgan fingerprint density at radius 2 is 1.42 bits per heavy atom. The first kappa shape index (κ1) is 33.3. The summed E-state index contributed by atoms with van der Waals surface area (Å²) in [4.78, 5) is 37.5. The van der Waals surface area contributed by atoms with Crippen LogP contribution in [0.15, 0.2) is 48.5 Å². The molecule has 10 nitrogen and oxygen atoms in total. The third-order valence-corrected chi connectivity index (χ3v) is 5.72. The van der Waals surface area contributed by atoms with Gasteiger partial charge in [-0.1, -0.05) is 24.3 Å². The quantitative estimate of drug-likeness (QED) is 0.168. The van der Waals surface area contributed by atoms with Gasteiger partial charge >= 0.3 is 17.9 Å². The molecule has 1 heterocycles. The molecule has 0 radical (unpaired) electrons. The van der Waals surface area contributed by atoms with Gasteiger partial charge in [0.15, 0.2) is 0 Å². The van der Waals surface area contributed by atoms with E-state index in [1.807, 2.05) is 84.9 Å². The fourth-order valence-electron chi connectivity index (χ4n) is 3.87. The Bertz CT molecular complexity index is 1330. The Morgan fingerprint density at radius 3 is 2.05 bits per heavy atom. The highest BCUT2D eigenvalue weighted by atomic mass is 16.6. The van der Waals surface area contributed by atoms with Gasteiger partial charge in [-0.15, -0.1) is 0 Å². The van der Waals surface area contributed by atoms with Gasteiger partial charge in [-0.3, -0.25) is 4.79 Å². The fourth-order valence-corrected chi connectivity index (χ4v) is 3.87. The van der Waals surface area contributed by atoms with Crippen molar-refractivity contribution in [1.82, 2.24) is 15.0 Å². The fraction of sp³-hybridized carbons (Fsp3) is 0.485. The summed E-state index contributed by atoms with van der Waals surface area (Å²) in [5.41, 5.74) is 1.44. The highest BCUT2D eigenvalue weighted by Crippen LogP contribution is 2.18. The Kier molecular flexibility index (Phi) is 11.9. The molecule has 10 heteroatoms. The van der Waals surface area contributed by atoms with Crippen LogP contribution in [-0.4, -0.2) is 51.3 Å². The van der Waals surface area contributed by atoms with E-state index >= 15 is 0 Å². The summed E-state index contributed by atoms with van der Waals surface area (Å²) in [6.45, 7) is 14.4. The molecule has 1 N–H and O–H groups in total. The summed E-state index contributed by atoms with van der Waals surface area (Å²) < 4.78 is 22.2. The molecule has 0 aliphatic carbocycles. The van der Waals surface area contributed by atoms with Crippen LogP contribution < -0.4 is 14.8 Å². The van der Waals surface area contributed by atoms with E-state index in [2.05, 4.69) is 20.3 Å². The second-order valence-corrected chi connectivity index (χ2v) is 12.1. The largest absolute Gasteiger partial charge is 0.494 e. The van der Waals surface area contributed by atoms with Gasteiger partial charge in [0.1, 0.15) is 22.8 Å². The maximum atomic E-state index is 12.3. The first-order valence-electron chi connectivity index (χ1n) is 14.7. The van der Waals surface area contributed by atoms with Crippen molar-refractivity contribution in [3.8, 4) is 11.8 Å². The number of ether oxygens (including phenoxy) is 4. The van der Waals surface area contributed by atoms with E-state index in [0.717, 1.165) is 23.3 Å². The van der Waals surface area contributed by atoms with E-state index in [1.54, 1.807) is 12.1 Å². The molecule has 1 aromatic heterocycles.